The minimum atomic E-state index is -4.39. The van der Waals surface area contributed by atoms with Crippen LogP contribution in [0.5, 0.6) is 11.5 Å². The minimum Gasteiger partial charge on any atom is -0.395 e. The molecule has 0 aliphatic carbocycles. The van der Waals surface area contributed by atoms with Crippen molar-refractivity contribution in [1.82, 2.24) is 0 Å². The Balaban J connectivity index is 2.43. The summed E-state index contributed by atoms with van der Waals surface area (Å²) in [6, 6.07) is 8.44. The molecule has 170 valence electrons. The first-order valence-electron chi connectivity index (χ1n) is 11.2. The third-order valence-corrected chi connectivity index (χ3v) is 6.96. The molecule has 5 heteroatoms. The Morgan fingerprint density at radius 1 is 0.806 bits per heavy atom. The standard InChI is InChI=1S/C26H37O4P/c1-10-17-12-19-16(3)20-13-18(11-2)15-22(26(7,8)9)24(20)30-31(27,28)29-23(19)21(14-17)25(4,5)6/h12-16H,10-11H2,1-9H3,(H,27,28). The molecule has 1 heterocycles. The Kier molecular flexibility index (Phi) is 6.14. The van der Waals surface area contributed by atoms with Crippen LogP contribution in [0.1, 0.15) is 102 Å². The van der Waals surface area contributed by atoms with E-state index in [0.29, 0.717) is 11.5 Å². The predicted molar refractivity (Wildman–Crippen MR) is 128 cm³/mol. The molecule has 31 heavy (non-hydrogen) atoms. The van der Waals surface area contributed by atoms with Gasteiger partial charge in [-0.15, -0.1) is 0 Å². The lowest BCUT2D eigenvalue weighted by atomic mass is 9.78. The van der Waals surface area contributed by atoms with Crippen LogP contribution in [-0.4, -0.2) is 4.89 Å². The molecular weight excluding hydrogens is 407 g/mol. The number of phosphoric acid groups is 1. The molecule has 1 aliphatic rings. The molecule has 0 unspecified atom stereocenters. The van der Waals surface area contributed by atoms with Gasteiger partial charge in [-0.3, -0.25) is 4.89 Å². The monoisotopic (exact) mass is 444 g/mol. The number of phosphoric ester groups is 1. The molecular formula is C26H37O4P. The van der Waals surface area contributed by atoms with E-state index in [-0.39, 0.29) is 16.7 Å². The van der Waals surface area contributed by atoms with Crippen molar-refractivity contribution in [3.8, 4) is 11.5 Å². The highest BCUT2D eigenvalue weighted by Crippen LogP contribution is 2.56. The Morgan fingerprint density at radius 3 is 1.45 bits per heavy atom. The Hall–Kier alpha value is -1.77. The molecule has 4 nitrogen and oxygen atoms in total. The van der Waals surface area contributed by atoms with Crippen molar-refractivity contribution < 1.29 is 18.5 Å². The molecule has 1 N–H and O–H groups in total. The maximum atomic E-state index is 13.2. The fraction of sp³-hybridized carbons (Fsp3) is 0.538. The van der Waals surface area contributed by atoms with Gasteiger partial charge < -0.3 is 9.05 Å². The van der Waals surface area contributed by atoms with E-state index in [9.17, 15) is 9.46 Å². The average molecular weight is 445 g/mol. The first-order chi connectivity index (χ1) is 14.2. The van der Waals surface area contributed by atoms with Gasteiger partial charge in [0.15, 0.2) is 0 Å². The SMILES string of the molecule is CCc1cc2c(c(C(C)(C)C)c1)OP(=O)(O)Oc1c(cc(CC)cc1C(C)(C)C)C2C. The van der Waals surface area contributed by atoms with E-state index in [2.05, 4.69) is 86.6 Å². The summed E-state index contributed by atoms with van der Waals surface area (Å²) in [5.74, 6) is 0.909. The van der Waals surface area contributed by atoms with Gasteiger partial charge in [0.25, 0.3) is 0 Å². The molecule has 0 bridgehead atoms. The largest absolute Gasteiger partial charge is 0.584 e. The highest BCUT2D eigenvalue weighted by molar-refractivity contribution is 7.48. The number of aryl methyl sites for hydroxylation is 2. The van der Waals surface area contributed by atoms with Crippen molar-refractivity contribution in [1.29, 1.82) is 0 Å². The topological polar surface area (TPSA) is 55.8 Å². The molecule has 0 amide bonds. The smallest absolute Gasteiger partial charge is 0.395 e. The normalized spacial score (nSPS) is 21.3. The van der Waals surface area contributed by atoms with Gasteiger partial charge in [0.1, 0.15) is 11.5 Å². The van der Waals surface area contributed by atoms with Gasteiger partial charge in [-0.1, -0.05) is 86.6 Å². The summed E-state index contributed by atoms with van der Waals surface area (Å²) in [4.78, 5) is 10.8. The molecule has 0 spiro atoms. The maximum Gasteiger partial charge on any atom is 0.584 e. The van der Waals surface area contributed by atoms with E-state index < -0.39 is 7.82 Å². The van der Waals surface area contributed by atoms with Crippen LogP contribution in [0.25, 0.3) is 0 Å². The number of hydrogen-bond donors (Lipinski definition) is 1. The molecule has 3 rings (SSSR count). The molecule has 0 saturated carbocycles. The Bertz CT molecular complexity index is 961. The fourth-order valence-electron chi connectivity index (χ4n) is 4.21. The molecule has 1 aliphatic heterocycles. The number of fused-ring (bicyclic) bond motifs is 2. The van der Waals surface area contributed by atoms with Crippen LogP contribution in [0, 0.1) is 0 Å². The number of benzene rings is 2. The summed E-state index contributed by atoms with van der Waals surface area (Å²) in [6.45, 7) is 19.0. The molecule has 2 aromatic rings. The van der Waals surface area contributed by atoms with Gasteiger partial charge in [0.2, 0.25) is 0 Å². The van der Waals surface area contributed by atoms with Gasteiger partial charge in [-0.25, -0.2) is 4.57 Å². The van der Waals surface area contributed by atoms with Crippen molar-refractivity contribution >= 4 is 7.82 Å². The third kappa shape index (κ3) is 4.71. The van der Waals surface area contributed by atoms with Crippen LogP contribution in [0.2, 0.25) is 0 Å². The van der Waals surface area contributed by atoms with Crippen molar-refractivity contribution in [2.45, 2.75) is 91.9 Å². The fourth-order valence-corrected chi connectivity index (χ4v) is 5.12. The predicted octanol–water partition coefficient (Wildman–Crippen LogP) is 7.43. The second-order valence-electron chi connectivity index (χ2n) is 10.7. The Morgan fingerprint density at radius 2 is 1.16 bits per heavy atom. The molecule has 0 aromatic heterocycles. The second-order valence-corrected chi connectivity index (χ2v) is 12.0. The summed E-state index contributed by atoms with van der Waals surface area (Å²) >= 11 is 0. The lowest BCUT2D eigenvalue weighted by Crippen LogP contribution is -2.21. The lowest BCUT2D eigenvalue weighted by molar-refractivity contribution is 0.280. The van der Waals surface area contributed by atoms with Crippen molar-refractivity contribution in [2.75, 3.05) is 0 Å². The van der Waals surface area contributed by atoms with Gasteiger partial charge in [0.05, 0.1) is 0 Å². The van der Waals surface area contributed by atoms with Gasteiger partial charge in [-0.05, 0) is 34.8 Å². The van der Waals surface area contributed by atoms with E-state index in [0.717, 1.165) is 35.1 Å². The minimum absolute atomic E-state index is 0.0505. The number of rotatable bonds is 2. The summed E-state index contributed by atoms with van der Waals surface area (Å²) in [7, 11) is -4.39. The van der Waals surface area contributed by atoms with Crippen LogP contribution >= 0.6 is 7.82 Å². The highest BCUT2D eigenvalue weighted by atomic mass is 31.2. The van der Waals surface area contributed by atoms with Crippen LogP contribution < -0.4 is 9.05 Å². The van der Waals surface area contributed by atoms with Crippen LogP contribution in [-0.2, 0) is 28.2 Å². The average Bonchev–Trinajstić information content (AvgIpc) is 2.64. The Labute approximate surface area is 187 Å². The first-order valence-corrected chi connectivity index (χ1v) is 12.7. The quantitative estimate of drug-likeness (QED) is 0.489. The number of hydrogen-bond acceptors (Lipinski definition) is 3. The molecule has 0 fully saturated rings. The zero-order valence-corrected chi connectivity index (χ0v) is 21.3. The summed E-state index contributed by atoms with van der Waals surface area (Å²) in [6.07, 6.45) is 1.76. The first kappa shape index (κ1) is 23.9. The van der Waals surface area contributed by atoms with E-state index in [1.807, 2.05) is 0 Å². The maximum absolute atomic E-state index is 13.2. The van der Waals surface area contributed by atoms with Gasteiger partial charge >= 0.3 is 7.82 Å². The molecule has 0 saturated heterocycles. The van der Waals surface area contributed by atoms with E-state index in [1.54, 1.807) is 0 Å². The summed E-state index contributed by atoms with van der Waals surface area (Å²) in [5.41, 5.74) is 5.62. The summed E-state index contributed by atoms with van der Waals surface area (Å²) in [5, 5.41) is 0. The lowest BCUT2D eigenvalue weighted by Gasteiger charge is -2.34. The van der Waals surface area contributed by atoms with Crippen molar-refractivity contribution in [3.63, 3.8) is 0 Å². The highest BCUT2D eigenvalue weighted by Gasteiger charge is 2.38. The van der Waals surface area contributed by atoms with Gasteiger partial charge in [-0.2, -0.15) is 0 Å². The van der Waals surface area contributed by atoms with Gasteiger partial charge in [0, 0.05) is 28.2 Å². The molecule has 2 aromatic carbocycles. The zero-order valence-electron chi connectivity index (χ0n) is 20.4. The summed E-state index contributed by atoms with van der Waals surface area (Å²) < 4.78 is 24.9. The van der Waals surface area contributed by atoms with Crippen LogP contribution in [0.3, 0.4) is 0 Å². The van der Waals surface area contributed by atoms with E-state index in [4.69, 9.17) is 9.05 Å². The van der Waals surface area contributed by atoms with Crippen molar-refractivity contribution in [3.05, 3.63) is 57.6 Å². The van der Waals surface area contributed by atoms with Crippen LogP contribution in [0.4, 0.5) is 0 Å². The zero-order chi connectivity index (χ0) is 23.4. The second kappa shape index (κ2) is 7.98. The van der Waals surface area contributed by atoms with Crippen LogP contribution in [0.15, 0.2) is 24.3 Å². The van der Waals surface area contributed by atoms with Crippen molar-refractivity contribution in [2.24, 2.45) is 0 Å². The third-order valence-electron chi connectivity index (χ3n) is 6.13. The molecule has 0 atom stereocenters. The molecule has 0 radical (unpaired) electrons. The van der Waals surface area contributed by atoms with E-state index in [1.165, 1.54) is 11.1 Å². The van der Waals surface area contributed by atoms with E-state index >= 15 is 0 Å².